The molecule has 0 saturated carbocycles. The minimum Gasteiger partial charge on any atom is -0.436 e. The molecule has 0 atom stereocenters. The van der Waals surface area contributed by atoms with Crippen LogP contribution < -0.4 is 20.3 Å². The van der Waals surface area contributed by atoms with Crippen molar-refractivity contribution in [3.05, 3.63) is 58.3 Å². The molecule has 0 unspecified atom stereocenters. The molecule has 5 rings (SSSR count). The Kier molecular flexibility index (Phi) is 12.7. The fraction of sp³-hybridized carbons (Fsp3) is 0.429. The summed E-state index contributed by atoms with van der Waals surface area (Å²) in [6, 6.07) is 9.42. The number of pyridine rings is 1. The quantitative estimate of drug-likeness (QED) is 0.345. The molecular weight excluding hydrogens is 608 g/mol. The van der Waals surface area contributed by atoms with Gasteiger partial charge in [-0.3, -0.25) is 9.69 Å². The van der Waals surface area contributed by atoms with Crippen molar-refractivity contribution in [2.45, 2.75) is 26.3 Å². The maximum Gasteiger partial charge on any atom is 0.225 e. The summed E-state index contributed by atoms with van der Waals surface area (Å²) in [6.45, 7) is 8.57. The highest BCUT2D eigenvalue weighted by Gasteiger charge is 2.20. The van der Waals surface area contributed by atoms with Crippen LogP contribution in [0.1, 0.15) is 25.3 Å². The van der Waals surface area contributed by atoms with Gasteiger partial charge in [0.2, 0.25) is 17.7 Å². The molecule has 13 heteroatoms. The van der Waals surface area contributed by atoms with E-state index in [2.05, 4.69) is 36.5 Å². The molecular formula is C28H35Cl4N7O2. The van der Waals surface area contributed by atoms with Crippen LogP contribution >= 0.6 is 48.0 Å². The number of halogens is 4. The zero-order valence-electron chi connectivity index (χ0n) is 22.8. The molecule has 2 aliphatic heterocycles. The van der Waals surface area contributed by atoms with Gasteiger partial charge in [0.25, 0.3) is 0 Å². The van der Waals surface area contributed by atoms with Crippen LogP contribution in [0, 0.1) is 5.92 Å². The predicted molar refractivity (Wildman–Crippen MR) is 168 cm³/mol. The number of benzene rings is 1. The van der Waals surface area contributed by atoms with Gasteiger partial charge in [0.15, 0.2) is 5.75 Å². The summed E-state index contributed by atoms with van der Waals surface area (Å²) in [7, 11) is 0. The van der Waals surface area contributed by atoms with E-state index in [0.717, 1.165) is 82.0 Å². The summed E-state index contributed by atoms with van der Waals surface area (Å²) < 4.78 is 6.15. The number of rotatable bonds is 8. The predicted octanol–water partition coefficient (Wildman–Crippen LogP) is 5.24. The van der Waals surface area contributed by atoms with E-state index < -0.39 is 0 Å². The molecule has 41 heavy (non-hydrogen) atoms. The van der Waals surface area contributed by atoms with Crippen LogP contribution in [0.25, 0.3) is 11.3 Å². The molecule has 1 aromatic carbocycles. The van der Waals surface area contributed by atoms with Gasteiger partial charge in [-0.25, -0.2) is 15.0 Å². The zero-order valence-corrected chi connectivity index (χ0v) is 26.0. The fourth-order valence-corrected chi connectivity index (χ4v) is 5.48. The lowest BCUT2D eigenvalue weighted by molar-refractivity contribution is -0.119. The molecule has 0 spiro atoms. The molecule has 2 N–H and O–H groups in total. The Balaban J connectivity index is 0.00000231. The van der Waals surface area contributed by atoms with Gasteiger partial charge in [-0.2, -0.15) is 0 Å². The summed E-state index contributed by atoms with van der Waals surface area (Å²) >= 11 is 12.6. The first kappa shape index (κ1) is 33.1. The number of amides is 1. The van der Waals surface area contributed by atoms with Crippen LogP contribution in [0.2, 0.25) is 10.0 Å². The third-order valence-corrected chi connectivity index (χ3v) is 7.45. The van der Waals surface area contributed by atoms with Crippen molar-refractivity contribution in [2.75, 3.05) is 50.7 Å². The molecule has 2 saturated heterocycles. The highest BCUT2D eigenvalue weighted by Crippen LogP contribution is 2.31. The van der Waals surface area contributed by atoms with Crippen LogP contribution in [-0.4, -0.2) is 71.6 Å². The van der Waals surface area contributed by atoms with E-state index in [1.807, 2.05) is 18.2 Å². The molecule has 2 aliphatic rings. The van der Waals surface area contributed by atoms with Gasteiger partial charge in [0.1, 0.15) is 0 Å². The molecule has 222 valence electrons. The van der Waals surface area contributed by atoms with E-state index in [1.165, 1.54) is 0 Å². The van der Waals surface area contributed by atoms with Crippen molar-refractivity contribution in [1.29, 1.82) is 0 Å². The van der Waals surface area contributed by atoms with Crippen LogP contribution in [0.15, 0.2) is 42.7 Å². The monoisotopic (exact) mass is 641 g/mol. The normalized spacial score (nSPS) is 15.9. The summed E-state index contributed by atoms with van der Waals surface area (Å²) in [6.07, 6.45) is 5.47. The Morgan fingerprint density at radius 2 is 1.66 bits per heavy atom. The van der Waals surface area contributed by atoms with Crippen molar-refractivity contribution >= 4 is 59.9 Å². The number of piperazine rings is 1. The molecule has 0 radical (unpaired) electrons. The number of nitrogens with zero attached hydrogens (tertiary/aromatic N) is 5. The first-order valence-electron chi connectivity index (χ1n) is 13.3. The van der Waals surface area contributed by atoms with Gasteiger partial charge in [-0.05, 0) is 61.7 Å². The second-order valence-electron chi connectivity index (χ2n) is 10.1. The van der Waals surface area contributed by atoms with Gasteiger partial charge in [0, 0.05) is 67.9 Å². The number of carbonyl (C=O) groups is 1. The largest absolute Gasteiger partial charge is 0.436 e. The number of hydrogen-bond donors (Lipinski definition) is 2. The maximum atomic E-state index is 11.3. The van der Waals surface area contributed by atoms with E-state index in [1.54, 1.807) is 25.4 Å². The summed E-state index contributed by atoms with van der Waals surface area (Å²) in [5, 5.41) is 7.38. The van der Waals surface area contributed by atoms with Gasteiger partial charge >= 0.3 is 0 Å². The van der Waals surface area contributed by atoms with Crippen molar-refractivity contribution in [2.24, 2.45) is 5.92 Å². The molecule has 9 nitrogen and oxygen atoms in total. The molecule has 2 aromatic heterocycles. The summed E-state index contributed by atoms with van der Waals surface area (Å²) in [5.41, 5.74) is 2.62. The smallest absolute Gasteiger partial charge is 0.225 e. The Bertz CT molecular complexity index is 1260. The molecule has 2 fully saturated rings. The molecule has 1 amide bonds. The first-order valence-corrected chi connectivity index (χ1v) is 14.1. The highest BCUT2D eigenvalue weighted by molar-refractivity contribution is 6.35. The molecule has 3 aromatic rings. The minimum atomic E-state index is 0. The Labute approximate surface area is 263 Å². The first-order chi connectivity index (χ1) is 18.9. The Morgan fingerprint density at radius 1 is 1.00 bits per heavy atom. The average molecular weight is 643 g/mol. The van der Waals surface area contributed by atoms with Crippen LogP contribution in [0.5, 0.6) is 11.6 Å². The van der Waals surface area contributed by atoms with Crippen molar-refractivity contribution in [3.8, 4) is 22.9 Å². The maximum absolute atomic E-state index is 11.3. The zero-order chi connectivity index (χ0) is 27.2. The second-order valence-corrected chi connectivity index (χ2v) is 10.9. The second kappa shape index (κ2) is 15.7. The number of nitrogens with one attached hydrogen (secondary N) is 2. The number of carbonyl (C=O) groups excluding carboxylic acids is 1. The van der Waals surface area contributed by atoms with Crippen molar-refractivity contribution in [3.63, 3.8) is 0 Å². The number of anilines is 1. The summed E-state index contributed by atoms with van der Waals surface area (Å²) in [5.74, 6) is 2.21. The van der Waals surface area contributed by atoms with Crippen molar-refractivity contribution in [1.82, 2.24) is 30.5 Å². The van der Waals surface area contributed by atoms with E-state index in [9.17, 15) is 4.79 Å². The van der Waals surface area contributed by atoms with E-state index in [4.69, 9.17) is 32.9 Å². The number of likely N-dealkylation sites (tertiary alicyclic amines) is 1. The minimum absolute atomic E-state index is 0. The van der Waals surface area contributed by atoms with E-state index >= 15 is 0 Å². The lowest BCUT2D eigenvalue weighted by atomic mass is 9.96. The van der Waals surface area contributed by atoms with E-state index in [-0.39, 0.29) is 30.7 Å². The fourth-order valence-electron chi connectivity index (χ4n) is 4.96. The number of ether oxygens (including phenoxy) is 1. The van der Waals surface area contributed by atoms with Gasteiger partial charge in [-0.15, -0.1) is 24.8 Å². The average Bonchev–Trinajstić information content (AvgIpc) is 2.93. The van der Waals surface area contributed by atoms with Crippen LogP contribution in [-0.2, 0) is 11.3 Å². The Morgan fingerprint density at radius 3 is 2.29 bits per heavy atom. The molecule has 0 bridgehead atoms. The van der Waals surface area contributed by atoms with E-state index in [0.29, 0.717) is 33.5 Å². The molecule has 0 aliphatic carbocycles. The van der Waals surface area contributed by atoms with Crippen LogP contribution in [0.3, 0.4) is 0 Å². The van der Waals surface area contributed by atoms with Crippen LogP contribution in [0.4, 0.5) is 5.95 Å². The lowest BCUT2D eigenvalue weighted by Crippen LogP contribution is -2.44. The topological polar surface area (TPSA) is 95.5 Å². The van der Waals surface area contributed by atoms with Gasteiger partial charge in [0.05, 0.1) is 18.1 Å². The standard InChI is InChI=1S/C28H33Cl2N7O2.2ClH/c1-19(38)32-15-20-2-6-36(7-3-20)18-21-10-26(22-12-23(29)14-24(30)13-22)35-27(11-21)39-25-16-33-28(34-17-25)37-8-4-31-5-9-37;;/h10-14,16-17,20,31H,2-9,15,18H2,1H3,(H,32,38);2*1H. The lowest BCUT2D eigenvalue weighted by Gasteiger charge is -2.32. The Hall–Kier alpha value is -2.40. The molecule has 4 heterocycles. The SMILES string of the molecule is CC(=O)NCC1CCN(Cc2cc(Oc3cnc(N4CCNCC4)nc3)nc(-c3cc(Cl)cc(Cl)c3)c2)CC1.Cl.Cl. The van der Waals surface area contributed by atoms with Gasteiger partial charge in [-0.1, -0.05) is 23.2 Å². The van der Waals surface area contributed by atoms with Gasteiger partial charge < -0.3 is 20.3 Å². The van der Waals surface area contributed by atoms with Crippen molar-refractivity contribution < 1.29 is 9.53 Å². The highest BCUT2D eigenvalue weighted by atomic mass is 35.5. The summed E-state index contributed by atoms with van der Waals surface area (Å²) in [4.78, 5) is 29.6. The number of hydrogen-bond acceptors (Lipinski definition) is 8. The number of piperidine rings is 1. The third-order valence-electron chi connectivity index (χ3n) is 7.01. The third kappa shape index (κ3) is 9.56. The number of aromatic nitrogens is 3.